The molecular weight excluding hydrogens is 278 g/mol. The lowest BCUT2D eigenvalue weighted by Crippen LogP contribution is -2.17. The fraction of sp³-hybridized carbons (Fsp3) is 0.438. The first kappa shape index (κ1) is 13.6. The lowest BCUT2D eigenvalue weighted by atomic mass is 10.2. The van der Waals surface area contributed by atoms with Gasteiger partial charge in [0.1, 0.15) is 23.0 Å². The van der Waals surface area contributed by atoms with E-state index in [-0.39, 0.29) is 12.1 Å². The van der Waals surface area contributed by atoms with Gasteiger partial charge in [-0.15, -0.1) is 0 Å². The van der Waals surface area contributed by atoms with Gasteiger partial charge in [-0.3, -0.25) is 9.97 Å². The first-order valence-electron chi connectivity index (χ1n) is 7.70. The molecule has 3 N–H and O–H groups in total. The maximum atomic E-state index is 10.1. The molecule has 3 aromatic heterocycles. The summed E-state index contributed by atoms with van der Waals surface area (Å²) in [4.78, 5) is 13.5. The van der Waals surface area contributed by atoms with Crippen LogP contribution in [0.2, 0.25) is 0 Å². The summed E-state index contributed by atoms with van der Waals surface area (Å²) in [6, 6.07) is 4.30. The Bertz CT molecular complexity index is 841. The molecule has 3 heterocycles. The zero-order chi connectivity index (χ0) is 15.3. The van der Waals surface area contributed by atoms with E-state index in [0.717, 1.165) is 41.3 Å². The van der Waals surface area contributed by atoms with Crippen LogP contribution < -0.4 is 5.73 Å². The highest BCUT2D eigenvalue weighted by atomic mass is 16.3. The molecule has 1 saturated carbocycles. The normalized spacial score (nSPS) is 23.4. The monoisotopic (exact) mass is 297 g/mol. The first-order chi connectivity index (χ1) is 10.6. The van der Waals surface area contributed by atoms with Crippen molar-refractivity contribution in [1.82, 2.24) is 19.5 Å². The van der Waals surface area contributed by atoms with E-state index in [1.807, 2.05) is 12.1 Å². The van der Waals surface area contributed by atoms with Gasteiger partial charge in [-0.25, -0.2) is 4.98 Å². The van der Waals surface area contributed by atoms with E-state index in [1.54, 1.807) is 19.3 Å². The second-order valence-electron chi connectivity index (χ2n) is 6.11. The Morgan fingerprint density at radius 3 is 2.91 bits per heavy atom. The van der Waals surface area contributed by atoms with E-state index in [4.69, 9.17) is 5.73 Å². The van der Waals surface area contributed by atoms with Gasteiger partial charge in [0, 0.05) is 18.3 Å². The number of rotatable bonds is 2. The topological polar surface area (TPSA) is 89.9 Å². The summed E-state index contributed by atoms with van der Waals surface area (Å²) in [6.07, 6.45) is 5.80. The molecule has 22 heavy (non-hydrogen) atoms. The van der Waals surface area contributed by atoms with Crippen LogP contribution >= 0.6 is 0 Å². The van der Waals surface area contributed by atoms with Gasteiger partial charge < -0.3 is 15.4 Å². The summed E-state index contributed by atoms with van der Waals surface area (Å²) in [5, 5.41) is 10.1. The van der Waals surface area contributed by atoms with E-state index >= 15 is 0 Å². The van der Waals surface area contributed by atoms with Crippen molar-refractivity contribution in [2.24, 2.45) is 5.73 Å². The molecule has 0 spiro atoms. The Morgan fingerprint density at radius 2 is 2.18 bits per heavy atom. The van der Waals surface area contributed by atoms with Crippen molar-refractivity contribution >= 4 is 22.1 Å². The van der Waals surface area contributed by atoms with E-state index in [0.29, 0.717) is 5.82 Å². The minimum Gasteiger partial charge on any atom is -0.385 e. The summed E-state index contributed by atoms with van der Waals surface area (Å²) in [5.74, 6) is 0.675. The van der Waals surface area contributed by atoms with Gasteiger partial charge >= 0.3 is 0 Å². The van der Waals surface area contributed by atoms with Gasteiger partial charge in [-0.05, 0) is 38.3 Å². The van der Waals surface area contributed by atoms with Crippen molar-refractivity contribution in [2.75, 3.05) is 0 Å². The molecule has 0 aromatic carbocycles. The maximum absolute atomic E-state index is 10.1. The summed E-state index contributed by atoms with van der Waals surface area (Å²) in [7, 11) is 0. The Balaban J connectivity index is 2.05. The summed E-state index contributed by atoms with van der Waals surface area (Å²) < 4.78 is 2.14. The quantitative estimate of drug-likeness (QED) is 0.756. The number of hydrogen-bond donors (Lipinski definition) is 2. The average molecular weight is 297 g/mol. The molecule has 0 unspecified atom stereocenters. The minimum absolute atomic E-state index is 0.213. The number of fused-ring (bicyclic) bond motifs is 3. The zero-order valence-corrected chi connectivity index (χ0v) is 12.5. The number of imidazole rings is 1. The van der Waals surface area contributed by atoms with Gasteiger partial charge in [0.25, 0.3) is 0 Å². The summed E-state index contributed by atoms with van der Waals surface area (Å²) in [6.45, 7) is 1.75. The van der Waals surface area contributed by atoms with Crippen molar-refractivity contribution in [3.63, 3.8) is 0 Å². The molecule has 1 aliphatic rings. The Morgan fingerprint density at radius 1 is 1.32 bits per heavy atom. The Labute approximate surface area is 128 Å². The molecule has 3 aromatic rings. The average Bonchev–Trinajstić information content (AvgIpc) is 3.10. The minimum atomic E-state index is -0.636. The predicted octanol–water partition coefficient (Wildman–Crippen LogP) is 2.09. The highest BCUT2D eigenvalue weighted by Crippen LogP contribution is 2.36. The summed E-state index contributed by atoms with van der Waals surface area (Å²) >= 11 is 0. The molecule has 6 heteroatoms. The fourth-order valence-electron chi connectivity index (χ4n) is 3.50. The van der Waals surface area contributed by atoms with E-state index in [2.05, 4.69) is 19.5 Å². The lowest BCUT2D eigenvalue weighted by molar-refractivity contribution is 0.181. The van der Waals surface area contributed by atoms with Gasteiger partial charge in [0.15, 0.2) is 0 Å². The molecule has 0 bridgehead atoms. The van der Waals surface area contributed by atoms with Crippen LogP contribution in [0.3, 0.4) is 0 Å². The third-order valence-corrected chi connectivity index (χ3v) is 4.49. The highest BCUT2D eigenvalue weighted by Gasteiger charge is 2.29. The van der Waals surface area contributed by atoms with E-state index < -0.39 is 6.10 Å². The number of aliphatic hydroxyl groups is 1. The van der Waals surface area contributed by atoms with Crippen LogP contribution in [0.15, 0.2) is 24.5 Å². The molecule has 1 fully saturated rings. The number of aromatic nitrogens is 4. The van der Waals surface area contributed by atoms with Crippen LogP contribution in [0.25, 0.3) is 22.1 Å². The standard InChI is InChI=1S/C16H19N5O/c1-9(22)16-20-13-8-19-12-3-2-6-18-14(12)15(13)21(16)11-5-4-10(17)7-11/h2-3,6,8-11,22H,4-5,7,17H2,1H3/t9-,10-,11+/m1/s1. The Kier molecular flexibility index (Phi) is 3.09. The molecular formula is C16H19N5O. The lowest BCUT2D eigenvalue weighted by Gasteiger charge is -2.18. The molecule has 6 nitrogen and oxygen atoms in total. The number of aliphatic hydroxyl groups excluding tert-OH is 1. The number of nitrogens with two attached hydrogens (primary N) is 1. The molecule has 1 aliphatic carbocycles. The molecule has 114 valence electrons. The number of hydrogen-bond acceptors (Lipinski definition) is 5. The van der Waals surface area contributed by atoms with E-state index in [9.17, 15) is 5.11 Å². The Hall–Kier alpha value is -2.05. The van der Waals surface area contributed by atoms with Crippen LogP contribution in [-0.4, -0.2) is 30.7 Å². The van der Waals surface area contributed by atoms with Crippen LogP contribution in [0.1, 0.15) is 44.2 Å². The van der Waals surface area contributed by atoms with Crippen LogP contribution in [0.5, 0.6) is 0 Å². The molecule has 0 saturated heterocycles. The fourth-order valence-corrected chi connectivity index (χ4v) is 3.50. The molecule has 0 amide bonds. The zero-order valence-electron chi connectivity index (χ0n) is 12.5. The van der Waals surface area contributed by atoms with E-state index in [1.165, 1.54) is 0 Å². The van der Waals surface area contributed by atoms with Gasteiger partial charge in [0.05, 0.1) is 17.2 Å². The SMILES string of the molecule is C[C@@H](O)c1nc2cnc3cccnc3c2n1[C@H]1CC[C@@H](N)C1. The van der Waals surface area contributed by atoms with Crippen molar-refractivity contribution < 1.29 is 5.11 Å². The largest absolute Gasteiger partial charge is 0.385 e. The van der Waals surface area contributed by atoms with Crippen LogP contribution in [0.4, 0.5) is 0 Å². The summed E-state index contributed by atoms with van der Waals surface area (Å²) in [5.41, 5.74) is 9.51. The molecule has 0 aliphatic heterocycles. The molecule has 0 radical (unpaired) electrons. The van der Waals surface area contributed by atoms with Crippen molar-refractivity contribution in [3.05, 3.63) is 30.4 Å². The third-order valence-electron chi connectivity index (χ3n) is 4.49. The van der Waals surface area contributed by atoms with Gasteiger partial charge in [0.2, 0.25) is 0 Å². The van der Waals surface area contributed by atoms with Gasteiger partial charge in [-0.1, -0.05) is 0 Å². The van der Waals surface area contributed by atoms with Crippen LogP contribution in [-0.2, 0) is 0 Å². The molecule has 4 rings (SSSR count). The van der Waals surface area contributed by atoms with Crippen molar-refractivity contribution in [1.29, 1.82) is 0 Å². The number of pyridine rings is 2. The predicted molar refractivity (Wildman–Crippen MR) is 84.3 cm³/mol. The number of nitrogens with zero attached hydrogens (tertiary/aromatic N) is 4. The second-order valence-corrected chi connectivity index (χ2v) is 6.11. The van der Waals surface area contributed by atoms with Crippen LogP contribution in [0, 0.1) is 0 Å². The first-order valence-corrected chi connectivity index (χ1v) is 7.70. The van der Waals surface area contributed by atoms with Crippen molar-refractivity contribution in [2.45, 2.75) is 44.4 Å². The van der Waals surface area contributed by atoms with Crippen molar-refractivity contribution in [3.8, 4) is 0 Å². The third kappa shape index (κ3) is 1.99. The molecule has 3 atom stereocenters. The van der Waals surface area contributed by atoms with Gasteiger partial charge in [-0.2, -0.15) is 0 Å². The second kappa shape index (κ2) is 5.00. The maximum Gasteiger partial charge on any atom is 0.138 e. The smallest absolute Gasteiger partial charge is 0.138 e. The highest BCUT2D eigenvalue weighted by molar-refractivity contribution is 5.99.